The minimum absolute atomic E-state index is 0.139. The van der Waals surface area contributed by atoms with E-state index in [9.17, 15) is 4.79 Å². The molecule has 0 aliphatic rings. The van der Waals surface area contributed by atoms with Crippen molar-refractivity contribution in [1.29, 1.82) is 0 Å². The molecule has 3 nitrogen and oxygen atoms in total. The highest BCUT2D eigenvalue weighted by molar-refractivity contribution is 7.98. The number of hydrogen-bond donors (Lipinski definition) is 1. The van der Waals surface area contributed by atoms with Gasteiger partial charge >= 0.3 is 0 Å². The molecule has 0 bridgehead atoms. The van der Waals surface area contributed by atoms with E-state index >= 15 is 0 Å². The monoisotopic (exact) mass is 280 g/mol. The van der Waals surface area contributed by atoms with Gasteiger partial charge in [-0.25, -0.2) is 0 Å². The number of hydrogen-bond acceptors (Lipinski definition) is 3. The number of carbonyl (C=O) groups is 1. The van der Waals surface area contributed by atoms with Crippen molar-refractivity contribution in [3.63, 3.8) is 0 Å². The van der Waals surface area contributed by atoms with Crippen LogP contribution < -0.4 is 5.32 Å². The van der Waals surface area contributed by atoms with Gasteiger partial charge in [-0.2, -0.15) is 0 Å². The molecule has 0 heterocycles. The van der Waals surface area contributed by atoms with Crippen LogP contribution in [0.25, 0.3) is 0 Å². The summed E-state index contributed by atoms with van der Waals surface area (Å²) in [5.74, 6) is 0.172. The number of amides is 1. The summed E-state index contributed by atoms with van der Waals surface area (Å²) >= 11 is 1.74. The van der Waals surface area contributed by atoms with E-state index in [-0.39, 0.29) is 11.9 Å². The van der Waals surface area contributed by atoms with Crippen molar-refractivity contribution >= 4 is 17.7 Å². The molecule has 0 aliphatic carbocycles. The molecule has 0 saturated carbocycles. The Hall–Kier alpha value is -1.00. The van der Waals surface area contributed by atoms with Crippen molar-refractivity contribution in [3.05, 3.63) is 29.8 Å². The second kappa shape index (κ2) is 8.23. The van der Waals surface area contributed by atoms with Gasteiger partial charge in [-0.15, -0.1) is 11.8 Å². The quantitative estimate of drug-likeness (QED) is 0.780. The highest BCUT2D eigenvalue weighted by Gasteiger charge is 2.17. The number of benzene rings is 1. The second-order valence-electron chi connectivity index (χ2n) is 4.46. The summed E-state index contributed by atoms with van der Waals surface area (Å²) in [6.07, 6.45) is 2.07. The maximum atomic E-state index is 12.1. The molecule has 4 heteroatoms. The van der Waals surface area contributed by atoms with Crippen molar-refractivity contribution in [3.8, 4) is 0 Å². The molecule has 1 N–H and O–H groups in total. The number of rotatable bonds is 7. The van der Waals surface area contributed by atoms with E-state index in [0.717, 1.165) is 19.6 Å². The van der Waals surface area contributed by atoms with Gasteiger partial charge in [0.15, 0.2) is 0 Å². The molecular formula is C15H24N2OS. The number of nitrogens with zero attached hydrogens (tertiary/aromatic N) is 1. The van der Waals surface area contributed by atoms with E-state index in [0.29, 0.717) is 0 Å². The van der Waals surface area contributed by atoms with Crippen molar-refractivity contribution < 1.29 is 4.79 Å². The maximum Gasteiger partial charge on any atom is 0.239 e. The summed E-state index contributed by atoms with van der Waals surface area (Å²) in [5.41, 5.74) is 1.21. The Bertz CT molecular complexity index is 388. The molecule has 106 valence electrons. The van der Waals surface area contributed by atoms with Crippen LogP contribution in [0.2, 0.25) is 0 Å². The molecular weight excluding hydrogens is 256 g/mol. The summed E-state index contributed by atoms with van der Waals surface area (Å²) < 4.78 is 0. The molecule has 1 aromatic rings. The van der Waals surface area contributed by atoms with Crippen LogP contribution in [0.1, 0.15) is 26.3 Å². The van der Waals surface area contributed by atoms with Crippen LogP contribution in [0, 0.1) is 0 Å². The lowest BCUT2D eigenvalue weighted by molar-refractivity contribution is -0.132. The molecule has 19 heavy (non-hydrogen) atoms. The third-order valence-electron chi connectivity index (χ3n) is 3.22. The molecule has 0 fully saturated rings. The van der Waals surface area contributed by atoms with Crippen LogP contribution in [0.4, 0.5) is 0 Å². The minimum Gasteiger partial charge on any atom is -0.342 e. The Kier molecular flexibility index (Phi) is 6.95. The molecule has 1 atom stereocenters. The lowest BCUT2D eigenvalue weighted by atomic mass is 10.2. The fourth-order valence-electron chi connectivity index (χ4n) is 1.91. The fourth-order valence-corrected chi connectivity index (χ4v) is 2.32. The molecule has 1 rings (SSSR count). The second-order valence-corrected chi connectivity index (χ2v) is 5.34. The lowest BCUT2D eigenvalue weighted by Gasteiger charge is -2.23. The van der Waals surface area contributed by atoms with Crippen LogP contribution >= 0.6 is 11.8 Å². The van der Waals surface area contributed by atoms with Gasteiger partial charge in [-0.05, 0) is 44.7 Å². The van der Waals surface area contributed by atoms with Gasteiger partial charge in [0.25, 0.3) is 0 Å². The molecule has 1 aromatic carbocycles. The van der Waals surface area contributed by atoms with Crippen molar-refractivity contribution in [2.24, 2.45) is 0 Å². The average molecular weight is 280 g/mol. The standard InChI is InChI=1S/C15H24N2OS/c1-5-17(6-2)15(18)12(3)16-11-13-7-9-14(19-4)10-8-13/h7-10,12,16H,5-6,11H2,1-4H3. The van der Waals surface area contributed by atoms with Crippen LogP contribution in [0.3, 0.4) is 0 Å². The van der Waals surface area contributed by atoms with Crippen LogP contribution in [-0.2, 0) is 11.3 Å². The van der Waals surface area contributed by atoms with Gasteiger partial charge < -0.3 is 10.2 Å². The third-order valence-corrected chi connectivity index (χ3v) is 3.96. The van der Waals surface area contributed by atoms with E-state index in [1.165, 1.54) is 10.5 Å². The first-order chi connectivity index (χ1) is 9.12. The van der Waals surface area contributed by atoms with Crippen LogP contribution in [0.15, 0.2) is 29.2 Å². The number of carbonyl (C=O) groups excluding carboxylic acids is 1. The zero-order chi connectivity index (χ0) is 14.3. The van der Waals surface area contributed by atoms with Gasteiger partial charge in [0.2, 0.25) is 5.91 Å². The molecule has 1 amide bonds. The molecule has 1 unspecified atom stereocenters. The predicted octanol–water partition coefficient (Wildman–Crippen LogP) is 2.76. The van der Waals surface area contributed by atoms with E-state index in [1.807, 2.05) is 25.7 Å². The first-order valence-electron chi connectivity index (χ1n) is 6.77. The average Bonchev–Trinajstić information content (AvgIpc) is 2.46. The fraction of sp³-hybridized carbons (Fsp3) is 0.533. The Morgan fingerprint density at radius 2 is 1.84 bits per heavy atom. The first-order valence-corrected chi connectivity index (χ1v) is 7.99. The number of thioether (sulfide) groups is 1. The Morgan fingerprint density at radius 3 is 2.32 bits per heavy atom. The van der Waals surface area contributed by atoms with E-state index in [4.69, 9.17) is 0 Å². The smallest absolute Gasteiger partial charge is 0.239 e. The summed E-state index contributed by atoms with van der Waals surface area (Å²) in [5, 5.41) is 3.29. The van der Waals surface area contributed by atoms with Gasteiger partial charge in [-0.1, -0.05) is 12.1 Å². The van der Waals surface area contributed by atoms with Crippen LogP contribution in [-0.4, -0.2) is 36.2 Å². The highest BCUT2D eigenvalue weighted by atomic mass is 32.2. The Labute approximate surface area is 120 Å². The summed E-state index contributed by atoms with van der Waals surface area (Å²) in [4.78, 5) is 15.2. The van der Waals surface area contributed by atoms with Gasteiger partial charge in [0, 0.05) is 24.5 Å². The van der Waals surface area contributed by atoms with Crippen molar-refractivity contribution in [2.75, 3.05) is 19.3 Å². The Morgan fingerprint density at radius 1 is 1.26 bits per heavy atom. The SMILES string of the molecule is CCN(CC)C(=O)C(C)NCc1ccc(SC)cc1. The minimum atomic E-state index is -0.139. The van der Waals surface area contributed by atoms with E-state index < -0.39 is 0 Å². The third kappa shape index (κ3) is 4.88. The van der Waals surface area contributed by atoms with Gasteiger partial charge in [0.1, 0.15) is 0 Å². The van der Waals surface area contributed by atoms with E-state index in [1.54, 1.807) is 11.8 Å². The molecule has 0 aromatic heterocycles. The number of nitrogens with one attached hydrogen (secondary N) is 1. The van der Waals surface area contributed by atoms with Gasteiger partial charge in [0.05, 0.1) is 6.04 Å². The zero-order valence-corrected chi connectivity index (χ0v) is 13.1. The number of likely N-dealkylation sites (N-methyl/N-ethyl adjacent to an activating group) is 1. The molecule has 0 saturated heterocycles. The Balaban J connectivity index is 2.48. The van der Waals surface area contributed by atoms with Crippen molar-refractivity contribution in [1.82, 2.24) is 10.2 Å². The lowest BCUT2D eigenvalue weighted by Crippen LogP contribution is -2.44. The van der Waals surface area contributed by atoms with Crippen LogP contribution in [0.5, 0.6) is 0 Å². The normalized spacial score (nSPS) is 12.2. The zero-order valence-electron chi connectivity index (χ0n) is 12.3. The summed E-state index contributed by atoms with van der Waals surface area (Å²) in [6, 6.07) is 8.29. The van der Waals surface area contributed by atoms with Crippen molar-refractivity contribution in [2.45, 2.75) is 38.3 Å². The largest absolute Gasteiger partial charge is 0.342 e. The predicted molar refractivity (Wildman–Crippen MR) is 82.5 cm³/mol. The van der Waals surface area contributed by atoms with E-state index in [2.05, 4.69) is 35.8 Å². The summed E-state index contributed by atoms with van der Waals surface area (Å²) in [7, 11) is 0. The molecule has 0 radical (unpaired) electrons. The highest BCUT2D eigenvalue weighted by Crippen LogP contribution is 2.14. The maximum absolute atomic E-state index is 12.1. The molecule has 0 aliphatic heterocycles. The molecule has 0 spiro atoms. The first kappa shape index (κ1) is 16.1. The topological polar surface area (TPSA) is 32.3 Å². The van der Waals surface area contributed by atoms with Gasteiger partial charge in [-0.3, -0.25) is 4.79 Å². The summed E-state index contributed by atoms with van der Waals surface area (Å²) in [6.45, 7) is 8.21.